The maximum atomic E-state index is 5.70. The molecule has 0 spiro atoms. The third-order valence-corrected chi connectivity index (χ3v) is 2.42. The highest BCUT2D eigenvalue weighted by Crippen LogP contribution is 2.20. The van der Waals surface area contributed by atoms with Gasteiger partial charge in [-0.05, 0) is 13.0 Å². The standard InChI is InChI=1S/C7H7IN4/c1-4-10-6(9)5-2-3-12(8)7(5)11-4/h2-3H,1H3,(H2,9,10,11). The summed E-state index contributed by atoms with van der Waals surface area (Å²) in [7, 11) is 0. The maximum Gasteiger partial charge on any atom is 0.154 e. The second-order valence-corrected chi connectivity index (χ2v) is 3.56. The summed E-state index contributed by atoms with van der Waals surface area (Å²) in [6.07, 6.45) is 1.91. The van der Waals surface area contributed by atoms with E-state index in [-0.39, 0.29) is 0 Å². The van der Waals surface area contributed by atoms with Gasteiger partial charge >= 0.3 is 0 Å². The second kappa shape index (κ2) is 2.58. The number of nitrogens with two attached hydrogens (primary N) is 1. The van der Waals surface area contributed by atoms with Gasteiger partial charge in [-0.25, -0.2) is 9.97 Å². The molecule has 0 amide bonds. The smallest absolute Gasteiger partial charge is 0.154 e. The maximum absolute atomic E-state index is 5.70. The van der Waals surface area contributed by atoms with Crippen molar-refractivity contribution in [2.75, 3.05) is 5.73 Å². The number of rotatable bonds is 0. The molecule has 0 aliphatic heterocycles. The molecular weight excluding hydrogens is 267 g/mol. The van der Waals surface area contributed by atoms with Crippen LogP contribution in [0.4, 0.5) is 5.82 Å². The molecule has 2 aromatic rings. The SMILES string of the molecule is Cc1nc(N)c2ccn(I)c2n1. The van der Waals surface area contributed by atoms with E-state index in [0.29, 0.717) is 11.6 Å². The normalized spacial score (nSPS) is 10.8. The largest absolute Gasteiger partial charge is 0.383 e. The van der Waals surface area contributed by atoms with Gasteiger partial charge < -0.3 is 5.73 Å². The number of fused-ring (bicyclic) bond motifs is 1. The second-order valence-electron chi connectivity index (χ2n) is 2.52. The molecule has 0 aliphatic carbocycles. The molecule has 0 saturated carbocycles. The summed E-state index contributed by atoms with van der Waals surface area (Å²) in [5.41, 5.74) is 6.58. The molecule has 0 aromatic carbocycles. The number of hydrogen-bond donors (Lipinski definition) is 1. The van der Waals surface area contributed by atoms with E-state index in [1.54, 1.807) is 0 Å². The van der Waals surface area contributed by atoms with Gasteiger partial charge in [0.2, 0.25) is 0 Å². The van der Waals surface area contributed by atoms with E-state index in [1.165, 1.54) is 0 Å². The lowest BCUT2D eigenvalue weighted by atomic mass is 10.4. The molecule has 2 rings (SSSR count). The minimum absolute atomic E-state index is 0.549. The Labute approximate surface area is 83.3 Å². The van der Waals surface area contributed by atoms with Gasteiger partial charge in [-0.3, -0.25) is 2.78 Å². The highest BCUT2D eigenvalue weighted by molar-refractivity contribution is 14.1. The Morgan fingerprint density at radius 3 is 3.00 bits per heavy atom. The fourth-order valence-corrected chi connectivity index (χ4v) is 1.65. The lowest BCUT2D eigenvalue weighted by Gasteiger charge is -1.97. The van der Waals surface area contributed by atoms with Crippen LogP contribution in [0.5, 0.6) is 0 Å². The van der Waals surface area contributed by atoms with Gasteiger partial charge in [0.1, 0.15) is 11.6 Å². The van der Waals surface area contributed by atoms with Crippen LogP contribution in [0.15, 0.2) is 12.3 Å². The Balaban J connectivity index is 2.92. The molecule has 2 N–H and O–H groups in total. The number of halogens is 1. The summed E-state index contributed by atoms with van der Waals surface area (Å²) in [6, 6.07) is 1.91. The van der Waals surface area contributed by atoms with Crippen LogP contribution >= 0.6 is 22.9 Å². The molecule has 12 heavy (non-hydrogen) atoms. The van der Waals surface area contributed by atoms with Gasteiger partial charge in [-0.1, -0.05) is 0 Å². The summed E-state index contributed by atoms with van der Waals surface area (Å²) in [4.78, 5) is 8.33. The summed E-state index contributed by atoms with van der Waals surface area (Å²) < 4.78 is 1.90. The zero-order valence-electron chi connectivity index (χ0n) is 6.45. The zero-order valence-corrected chi connectivity index (χ0v) is 8.61. The number of aromatic nitrogens is 3. The molecule has 0 aliphatic rings. The minimum Gasteiger partial charge on any atom is -0.383 e. The van der Waals surface area contributed by atoms with Crippen molar-refractivity contribution in [1.82, 2.24) is 12.7 Å². The monoisotopic (exact) mass is 274 g/mol. The van der Waals surface area contributed by atoms with Crippen LogP contribution in [0.2, 0.25) is 0 Å². The summed E-state index contributed by atoms with van der Waals surface area (Å²) in [5.74, 6) is 1.25. The number of nitrogen functional groups attached to an aromatic ring is 1. The van der Waals surface area contributed by atoms with Crippen molar-refractivity contribution >= 4 is 39.7 Å². The van der Waals surface area contributed by atoms with Crippen molar-refractivity contribution in [3.8, 4) is 0 Å². The molecule has 0 atom stereocenters. The van der Waals surface area contributed by atoms with Crippen molar-refractivity contribution in [2.45, 2.75) is 6.92 Å². The first-order chi connectivity index (χ1) is 5.68. The predicted molar refractivity (Wildman–Crippen MR) is 56.1 cm³/mol. The molecule has 2 heterocycles. The molecule has 5 heteroatoms. The zero-order chi connectivity index (χ0) is 8.72. The van der Waals surface area contributed by atoms with Crippen LogP contribution in [0.3, 0.4) is 0 Å². The third-order valence-electron chi connectivity index (χ3n) is 1.64. The Morgan fingerprint density at radius 1 is 1.50 bits per heavy atom. The minimum atomic E-state index is 0.549. The van der Waals surface area contributed by atoms with Crippen molar-refractivity contribution < 1.29 is 0 Å². The highest BCUT2D eigenvalue weighted by atomic mass is 127. The molecule has 0 bridgehead atoms. The van der Waals surface area contributed by atoms with E-state index in [0.717, 1.165) is 11.0 Å². The van der Waals surface area contributed by atoms with E-state index in [1.807, 2.05) is 22.0 Å². The Bertz CT molecular complexity index is 434. The van der Waals surface area contributed by atoms with Crippen LogP contribution in [-0.4, -0.2) is 12.7 Å². The molecule has 0 saturated heterocycles. The highest BCUT2D eigenvalue weighted by Gasteiger charge is 2.05. The molecule has 62 valence electrons. The quantitative estimate of drug-likeness (QED) is 0.741. The fraction of sp³-hybridized carbons (Fsp3) is 0.143. The van der Waals surface area contributed by atoms with E-state index in [4.69, 9.17) is 5.73 Å². The number of nitrogens with zero attached hydrogens (tertiary/aromatic N) is 3. The average molecular weight is 274 g/mol. The van der Waals surface area contributed by atoms with Crippen LogP contribution in [0, 0.1) is 6.92 Å². The molecule has 4 nitrogen and oxygen atoms in total. The van der Waals surface area contributed by atoms with Crippen LogP contribution in [0.1, 0.15) is 5.82 Å². The van der Waals surface area contributed by atoms with E-state index >= 15 is 0 Å². The summed E-state index contributed by atoms with van der Waals surface area (Å²) >= 11 is 2.16. The van der Waals surface area contributed by atoms with Gasteiger partial charge in [0, 0.05) is 6.20 Å². The van der Waals surface area contributed by atoms with Crippen LogP contribution in [-0.2, 0) is 0 Å². The number of hydrogen-bond acceptors (Lipinski definition) is 3. The van der Waals surface area contributed by atoms with Gasteiger partial charge in [0.15, 0.2) is 5.65 Å². The van der Waals surface area contributed by atoms with Crippen molar-refractivity contribution in [3.63, 3.8) is 0 Å². The van der Waals surface area contributed by atoms with Crippen molar-refractivity contribution in [3.05, 3.63) is 18.1 Å². The Morgan fingerprint density at radius 2 is 2.25 bits per heavy atom. The first-order valence-electron chi connectivity index (χ1n) is 3.46. The Hall–Kier alpha value is -0.850. The topological polar surface area (TPSA) is 56.7 Å². The fourth-order valence-electron chi connectivity index (χ4n) is 1.12. The van der Waals surface area contributed by atoms with Crippen LogP contribution in [0.25, 0.3) is 11.0 Å². The van der Waals surface area contributed by atoms with E-state index in [2.05, 4.69) is 32.8 Å². The van der Waals surface area contributed by atoms with Gasteiger partial charge in [-0.15, -0.1) is 0 Å². The van der Waals surface area contributed by atoms with Crippen LogP contribution < -0.4 is 5.73 Å². The first kappa shape index (κ1) is 7.78. The van der Waals surface area contributed by atoms with Crippen molar-refractivity contribution in [2.24, 2.45) is 0 Å². The molecule has 0 fully saturated rings. The molecule has 0 unspecified atom stereocenters. The summed E-state index contributed by atoms with van der Waals surface area (Å²) in [6.45, 7) is 1.83. The third kappa shape index (κ3) is 1.04. The predicted octanol–water partition coefficient (Wildman–Crippen LogP) is 1.52. The van der Waals surface area contributed by atoms with E-state index in [9.17, 15) is 0 Å². The first-order valence-corrected chi connectivity index (χ1v) is 4.42. The summed E-state index contributed by atoms with van der Waals surface area (Å²) in [5, 5.41) is 0.912. The Kier molecular flexibility index (Phi) is 1.67. The average Bonchev–Trinajstić information content (AvgIpc) is 2.33. The lowest BCUT2D eigenvalue weighted by molar-refractivity contribution is 1.08. The molecule has 0 radical (unpaired) electrons. The lowest BCUT2D eigenvalue weighted by Crippen LogP contribution is -1.96. The van der Waals surface area contributed by atoms with Crippen molar-refractivity contribution in [1.29, 1.82) is 0 Å². The number of aryl methyl sites for hydroxylation is 1. The molecule has 2 aromatic heterocycles. The number of anilines is 1. The van der Waals surface area contributed by atoms with Gasteiger partial charge in [0.05, 0.1) is 28.3 Å². The van der Waals surface area contributed by atoms with E-state index < -0.39 is 0 Å². The molecular formula is C7H7IN4. The van der Waals surface area contributed by atoms with Gasteiger partial charge in [-0.2, -0.15) is 0 Å². The van der Waals surface area contributed by atoms with Gasteiger partial charge in [0.25, 0.3) is 0 Å².